The van der Waals surface area contributed by atoms with Gasteiger partial charge in [-0.25, -0.2) is 0 Å². The highest BCUT2D eigenvalue weighted by molar-refractivity contribution is 5.76. The van der Waals surface area contributed by atoms with Crippen molar-refractivity contribution in [2.45, 2.75) is 6.42 Å². The molecule has 0 spiro atoms. The first-order valence-corrected chi connectivity index (χ1v) is 5.76. The standard InChI is InChI=1S/C13H17N3O2/c1-18-8-7-16-13(17)5-6-15-12-4-2-3-11(9-12)10-14/h2-4,9,15H,5-8H2,1H3,(H,16,17). The minimum Gasteiger partial charge on any atom is -0.384 e. The van der Waals surface area contributed by atoms with Gasteiger partial charge < -0.3 is 15.4 Å². The van der Waals surface area contributed by atoms with Crippen molar-refractivity contribution in [3.8, 4) is 6.07 Å². The van der Waals surface area contributed by atoms with E-state index in [9.17, 15) is 4.79 Å². The second-order valence-corrected chi connectivity index (χ2v) is 3.71. The zero-order valence-corrected chi connectivity index (χ0v) is 10.4. The number of carbonyl (C=O) groups excluding carboxylic acids is 1. The molecule has 0 unspecified atom stereocenters. The van der Waals surface area contributed by atoms with E-state index in [2.05, 4.69) is 16.7 Å². The van der Waals surface area contributed by atoms with E-state index in [4.69, 9.17) is 10.00 Å². The number of nitrogens with zero attached hydrogens (tertiary/aromatic N) is 1. The van der Waals surface area contributed by atoms with Crippen molar-refractivity contribution in [3.05, 3.63) is 29.8 Å². The van der Waals surface area contributed by atoms with Crippen LogP contribution in [0.3, 0.4) is 0 Å². The second-order valence-electron chi connectivity index (χ2n) is 3.71. The molecule has 1 aromatic carbocycles. The number of benzene rings is 1. The number of nitrogens with one attached hydrogen (secondary N) is 2. The highest BCUT2D eigenvalue weighted by Crippen LogP contribution is 2.09. The summed E-state index contributed by atoms with van der Waals surface area (Å²) >= 11 is 0. The van der Waals surface area contributed by atoms with Crippen LogP contribution in [0.4, 0.5) is 5.69 Å². The molecule has 5 nitrogen and oxygen atoms in total. The summed E-state index contributed by atoms with van der Waals surface area (Å²) in [7, 11) is 1.59. The van der Waals surface area contributed by atoms with Crippen molar-refractivity contribution in [1.82, 2.24) is 5.32 Å². The van der Waals surface area contributed by atoms with E-state index >= 15 is 0 Å². The maximum Gasteiger partial charge on any atom is 0.221 e. The number of ether oxygens (including phenoxy) is 1. The molecule has 5 heteroatoms. The minimum atomic E-state index is -0.0176. The molecule has 18 heavy (non-hydrogen) atoms. The van der Waals surface area contributed by atoms with Crippen LogP contribution >= 0.6 is 0 Å². The van der Waals surface area contributed by atoms with Gasteiger partial charge in [-0.3, -0.25) is 4.79 Å². The van der Waals surface area contributed by atoms with E-state index in [0.29, 0.717) is 31.7 Å². The molecule has 1 amide bonds. The van der Waals surface area contributed by atoms with Gasteiger partial charge in [-0.05, 0) is 18.2 Å². The summed E-state index contributed by atoms with van der Waals surface area (Å²) < 4.78 is 4.83. The molecule has 0 aliphatic carbocycles. The van der Waals surface area contributed by atoms with Crippen molar-refractivity contribution in [1.29, 1.82) is 5.26 Å². The van der Waals surface area contributed by atoms with Crippen LogP contribution in [-0.2, 0) is 9.53 Å². The van der Waals surface area contributed by atoms with Gasteiger partial charge in [-0.2, -0.15) is 5.26 Å². The van der Waals surface area contributed by atoms with E-state index in [0.717, 1.165) is 5.69 Å². The van der Waals surface area contributed by atoms with Crippen molar-refractivity contribution in [3.63, 3.8) is 0 Å². The number of hydrogen-bond acceptors (Lipinski definition) is 4. The van der Waals surface area contributed by atoms with E-state index in [1.165, 1.54) is 0 Å². The Morgan fingerprint density at radius 2 is 2.28 bits per heavy atom. The van der Waals surface area contributed by atoms with Crippen LogP contribution in [0.5, 0.6) is 0 Å². The molecule has 0 saturated carbocycles. The molecular formula is C13H17N3O2. The van der Waals surface area contributed by atoms with Crippen LogP contribution in [0.1, 0.15) is 12.0 Å². The maximum atomic E-state index is 11.4. The van der Waals surface area contributed by atoms with Crippen molar-refractivity contribution >= 4 is 11.6 Å². The number of hydrogen-bond donors (Lipinski definition) is 2. The molecule has 0 aliphatic rings. The number of nitriles is 1. The van der Waals surface area contributed by atoms with Gasteiger partial charge in [0.2, 0.25) is 5.91 Å². The lowest BCUT2D eigenvalue weighted by Gasteiger charge is -2.07. The van der Waals surface area contributed by atoms with Crippen molar-refractivity contribution < 1.29 is 9.53 Å². The van der Waals surface area contributed by atoms with Gasteiger partial charge >= 0.3 is 0 Å². The summed E-state index contributed by atoms with van der Waals surface area (Å²) in [6.07, 6.45) is 0.389. The summed E-state index contributed by atoms with van der Waals surface area (Å²) in [5.74, 6) is -0.0176. The van der Waals surface area contributed by atoms with Gasteiger partial charge in [-0.1, -0.05) is 6.07 Å². The van der Waals surface area contributed by atoms with E-state index in [1.54, 1.807) is 25.3 Å². The summed E-state index contributed by atoms with van der Waals surface area (Å²) in [6, 6.07) is 9.23. The second kappa shape index (κ2) is 8.09. The van der Waals surface area contributed by atoms with Crippen LogP contribution in [0, 0.1) is 11.3 Å². The Hall–Kier alpha value is -2.06. The van der Waals surface area contributed by atoms with Crippen molar-refractivity contribution in [2.75, 3.05) is 32.1 Å². The largest absolute Gasteiger partial charge is 0.384 e. The molecule has 1 rings (SSSR count). The lowest BCUT2D eigenvalue weighted by Crippen LogP contribution is -2.28. The third-order valence-electron chi connectivity index (χ3n) is 2.30. The Labute approximate surface area is 107 Å². The average Bonchev–Trinajstić information content (AvgIpc) is 2.39. The predicted molar refractivity (Wildman–Crippen MR) is 69.1 cm³/mol. The van der Waals surface area contributed by atoms with Crippen LogP contribution in [0.15, 0.2) is 24.3 Å². The fourth-order valence-corrected chi connectivity index (χ4v) is 1.40. The lowest BCUT2D eigenvalue weighted by molar-refractivity contribution is -0.121. The highest BCUT2D eigenvalue weighted by atomic mass is 16.5. The fourth-order valence-electron chi connectivity index (χ4n) is 1.40. The first kappa shape index (κ1) is 14.0. The molecular weight excluding hydrogens is 230 g/mol. The maximum absolute atomic E-state index is 11.4. The monoisotopic (exact) mass is 247 g/mol. The molecule has 0 aromatic heterocycles. The Bertz CT molecular complexity index is 426. The molecule has 0 saturated heterocycles. The van der Waals surface area contributed by atoms with Crippen LogP contribution in [0.2, 0.25) is 0 Å². The average molecular weight is 247 g/mol. The van der Waals surface area contributed by atoms with Crippen LogP contribution < -0.4 is 10.6 Å². The minimum absolute atomic E-state index is 0.0176. The Morgan fingerprint density at radius 1 is 1.44 bits per heavy atom. The molecule has 0 fully saturated rings. The molecule has 2 N–H and O–H groups in total. The summed E-state index contributed by atoms with van der Waals surface area (Å²) in [5.41, 5.74) is 1.45. The van der Waals surface area contributed by atoms with Gasteiger partial charge in [-0.15, -0.1) is 0 Å². The topological polar surface area (TPSA) is 74.2 Å². The first-order chi connectivity index (χ1) is 8.76. The van der Waals surface area contributed by atoms with Gasteiger partial charge in [0, 0.05) is 32.3 Å². The van der Waals surface area contributed by atoms with Gasteiger partial charge in [0.05, 0.1) is 18.2 Å². The third-order valence-corrected chi connectivity index (χ3v) is 2.30. The highest BCUT2D eigenvalue weighted by Gasteiger charge is 2.00. The summed E-state index contributed by atoms with van der Waals surface area (Å²) in [5, 5.41) is 14.6. The predicted octanol–water partition coefficient (Wildman–Crippen LogP) is 1.12. The zero-order chi connectivity index (χ0) is 13.2. The van der Waals surface area contributed by atoms with E-state index in [1.807, 2.05) is 6.07 Å². The number of amides is 1. The molecule has 0 bridgehead atoms. The Kier molecular flexibility index (Phi) is 6.30. The molecule has 1 aromatic rings. The van der Waals surface area contributed by atoms with E-state index in [-0.39, 0.29) is 5.91 Å². The molecule has 96 valence electrons. The number of carbonyl (C=O) groups is 1. The van der Waals surface area contributed by atoms with Crippen LogP contribution in [-0.4, -0.2) is 32.7 Å². The van der Waals surface area contributed by atoms with Gasteiger partial charge in [0.25, 0.3) is 0 Å². The Balaban J connectivity index is 2.24. The molecule has 0 aliphatic heterocycles. The quantitative estimate of drug-likeness (QED) is 0.708. The van der Waals surface area contributed by atoms with Gasteiger partial charge in [0.15, 0.2) is 0 Å². The van der Waals surface area contributed by atoms with E-state index < -0.39 is 0 Å². The number of anilines is 1. The molecule has 0 atom stereocenters. The zero-order valence-electron chi connectivity index (χ0n) is 10.4. The normalized spacial score (nSPS) is 9.56. The number of methoxy groups -OCH3 is 1. The van der Waals surface area contributed by atoms with Gasteiger partial charge in [0.1, 0.15) is 0 Å². The summed E-state index contributed by atoms with van der Waals surface area (Å²) in [4.78, 5) is 11.4. The first-order valence-electron chi connectivity index (χ1n) is 5.76. The molecule has 0 radical (unpaired) electrons. The number of rotatable bonds is 7. The van der Waals surface area contributed by atoms with Crippen LogP contribution in [0.25, 0.3) is 0 Å². The SMILES string of the molecule is COCCNC(=O)CCNc1cccc(C#N)c1. The molecule has 0 heterocycles. The van der Waals surface area contributed by atoms with Crippen molar-refractivity contribution in [2.24, 2.45) is 0 Å². The third kappa shape index (κ3) is 5.32. The smallest absolute Gasteiger partial charge is 0.221 e. The summed E-state index contributed by atoms with van der Waals surface area (Å²) in [6.45, 7) is 1.58. The Morgan fingerprint density at radius 3 is 3.00 bits per heavy atom. The lowest BCUT2D eigenvalue weighted by atomic mass is 10.2. The fraction of sp³-hybridized carbons (Fsp3) is 0.385.